The molecular formula is C58H60BrF4I3NaO16S4-. The van der Waals surface area contributed by atoms with E-state index in [9.17, 15) is 35.7 Å². The Morgan fingerprint density at radius 3 is 0.977 bits per heavy atom. The van der Waals surface area contributed by atoms with E-state index in [1.54, 1.807) is 0 Å². The van der Waals surface area contributed by atoms with Crippen molar-refractivity contribution in [2.45, 2.75) is 120 Å². The van der Waals surface area contributed by atoms with Crippen molar-refractivity contribution in [3.8, 4) is 0 Å². The quantitative estimate of drug-likeness (QED) is 0.0279. The average Bonchev–Trinajstić information content (AvgIpc) is 1.73. The number of carbonyl (C=O) groups excluding carboxylic acids is 4. The van der Waals surface area contributed by atoms with Gasteiger partial charge in [-0.15, -0.1) is 7.77 Å². The van der Waals surface area contributed by atoms with E-state index in [0.717, 1.165) is 0 Å². The summed E-state index contributed by atoms with van der Waals surface area (Å²) >= 11 is 5.30. The first-order chi connectivity index (χ1) is 39.5. The van der Waals surface area contributed by atoms with Gasteiger partial charge < -0.3 is 54.5 Å². The number of hydrogen-bond acceptors (Lipinski definition) is 16. The van der Waals surface area contributed by atoms with Gasteiger partial charge in [0.15, 0.2) is 67.1 Å². The SMILES string of the molecule is C.C.Cc1ccc([S+](c2ccccc2)c2ccccc2)cc1.Cc1ccc([S+](c2ccccc2)c2ccccc2)cc1.I[I-]I.O=C(CF)OC1C2CC3C(=O)OC1C3O2.O=C(CF)OC1C2CC3C(=O)OC1C3O2.O=S(=O)([O-])F.O=S(=O)([O-])F.[Br-].[Na+]. The molecular weight excluding hydrogens is 1640 g/mol. The summed E-state index contributed by atoms with van der Waals surface area (Å²) in [5, 5.41) is 0. The molecule has 0 saturated carbocycles. The molecule has 6 aliphatic rings. The summed E-state index contributed by atoms with van der Waals surface area (Å²) in [6.07, 6.45) is -2.54. The molecule has 0 spiro atoms. The molecule has 29 heteroatoms. The minimum Gasteiger partial charge on any atom is -1.00 e. The summed E-state index contributed by atoms with van der Waals surface area (Å²) in [4.78, 5) is 52.4. The fourth-order valence-corrected chi connectivity index (χ4v) is 13.7. The van der Waals surface area contributed by atoms with E-state index in [1.807, 2.05) is 0 Å². The monoisotopic (exact) mass is 1700 g/mol. The second-order valence-electron chi connectivity index (χ2n) is 18.3. The van der Waals surface area contributed by atoms with Gasteiger partial charge in [0.1, 0.15) is 12.2 Å². The zero-order chi connectivity index (χ0) is 60.4. The Morgan fingerprint density at radius 1 is 0.517 bits per heavy atom. The summed E-state index contributed by atoms with van der Waals surface area (Å²) in [5.74, 6) is -2.91. The van der Waals surface area contributed by atoms with Gasteiger partial charge in [0.05, 0.1) is 45.8 Å². The molecule has 0 radical (unpaired) electrons. The van der Waals surface area contributed by atoms with Crippen LogP contribution in [-0.4, -0.2) is 112 Å². The van der Waals surface area contributed by atoms with Gasteiger partial charge in [0, 0.05) is 0 Å². The van der Waals surface area contributed by atoms with Gasteiger partial charge >= 0.3 is 104 Å². The molecule has 0 N–H and O–H groups in total. The Labute approximate surface area is 573 Å². The third-order valence-electron chi connectivity index (χ3n) is 12.7. The third kappa shape index (κ3) is 24.5. The number of ether oxygens (including phenoxy) is 6. The molecule has 6 fully saturated rings. The van der Waals surface area contributed by atoms with Gasteiger partial charge in [-0.05, 0) is 99.5 Å². The summed E-state index contributed by atoms with van der Waals surface area (Å²) in [6, 6.07) is 60.8. The molecule has 470 valence electrons. The Balaban J connectivity index is 0.000000367. The Kier molecular flexibility index (Phi) is 35.7. The summed E-state index contributed by atoms with van der Waals surface area (Å²) in [5.41, 5.74) is 2.61. The van der Waals surface area contributed by atoms with Crippen molar-refractivity contribution < 1.29 is 150 Å². The van der Waals surface area contributed by atoms with Gasteiger partial charge in [0.25, 0.3) is 21.0 Å². The maximum atomic E-state index is 12.0. The van der Waals surface area contributed by atoms with Crippen molar-refractivity contribution in [1.29, 1.82) is 0 Å². The molecule has 6 aromatic rings. The van der Waals surface area contributed by atoms with Crippen molar-refractivity contribution in [3.63, 3.8) is 0 Å². The predicted octanol–water partition coefficient (Wildman–Crippen LogP) is 2.23. The Hall–Kier alpha value is -2.97. The molecule has 0 aromatic heterocycles. The molecule has 0 aliphatic carbocycles. The second-order valence-corrected chi connectivity index (χ2v) is 40.1. The smallest absolute Gasteiger partial charge is 1.00 e. The Morgan fingerprint density at radius 2 is 0.747 bits per heavy atom. The van der Waals surface area contributed by atoms with Gasteiger partial charge in [0.2, 0.25) is 0 Å². The van der Waals surface area contributed by atoms with Crippen LogP contribution >= 0.6 is 37.2 Å². The standard InChI is InChI=1S/2C19H17S.2C9H9FO5.2CH4.BrH.2FHO3S.I3.Na/c2*1-16-12-14-19(15-13-16)20(17-8-4-2-5-9-17)18-10-6-3-7-11-18;2*10-2-5(11)14-7-4-1-3-6(13-4)8(7)15-9(3)12;;;;2*1-5(2,3)4;1-3-2;/h2*2-15H,1H3;2*3-4,6-8H,1-2H2;2*1H4;1H;2*(H,2,3,4);;/q2*+1;;;;;;;;-1;+1/p-3. The van der Waals surface area contributed by atoms with Crippen molar-refractivity contribution in [2.75, 3.05) is 13.3 Å². The molecule has 10 atom stereocenters. The van der Waals surface area contributed by atoms with Gasteiger partial charge in [-0.1, -0.05) is 123 Å². The Bertz CT molecular complexity index is 2990. The van der Waals surface area contributed by atoms with Crippen LogP contribution in [0.4, 0.5) is 16.6 Å². The molecule has 4 bridgehead atoms. The maximum absolute atomic E-state index is 12.0. The van der Waals surface area contributed by atoms with E-state index in [0.29, 0.717) is 26.1 Å². The predicted molar refractivity (Wildman–Crippen MR) is 321 cm³/mol. The van der Waals surface area contributed by atoms with E-state index < -0.39 is 70.7 Å². The number of rotatable bonds is 10. The fraction of sp³-hybridized carbons (Fsp3) is 0.310. The van der Waals surface area contributed by atoms with Crippen LogP contribution < -0.4 is 59.8 Å². The van der Waals surface area contributed by atoms with Crippen LogP contribution in [0.2, 0.25) is 0 Å². The number of esters is 4. The van der Waals surface area contributed by atoms with E-state index in [-0.39, 0.29) is 131 Å². The zero-order valence-electron chi connectivity index (χ0n) is 45.0. The molecule has 12 rings (SSSR count). The number of alkyl halides is 2. The van der Waals surface area contributed by atoms with Crippen molar-refractivity contribution in [1.82, 2.24) is 0 Å². The number of halogens is 8. The molecule has 6 saturated heterocycles. The zero-order valence-corrected chi connectivity index (χ0v) is 58.3. The van der Waals surface area contributed by atoms with Gasteiger partial charge in [-0.3, -0.25) is 9.59 Å². The van der Waals surface area contributed by atoms with Crippen LogP contribution in [0.25, 0.3) is 0 Å². The topological polar surface area (TPSA) is 238 Å². The van der Waals surface area contributed by atoms with E-state index >= 15 is 0 Å². The average molecular weight is 1700 g/mol. The van der Waals surface area contributed by atoms with Crippen molar-refractivity contribution in [3.05, 3.63) is 181 Å². The van der Waals surface area contributed by atoms with E-state index in [1.165, 1.54) is 40.5 Å². The fourth-order valence-electron chi connectivity index (χ4n) is 9.52. The van der Waals surface area contributed by atoms with Crippen LogP contribution in [0.1, 0.15) is 38.8 Å². The molecule has 6 heterocycles. The first-order valence-corrected chi connectivity index (χ1v) is 42.4. The summed E-state index contributed by atoms with van der Waals surface area (Å²) < 4.78 is 125. The van der Waals surface area contributed by atoms with Gasteiger partial charge in [-0.2, -0.15) is 0 Å². The number of benzene rings is 6. The van der Waals surface area contributed by atoms with Crippen LogP contribution in [0, 0.1) is 25.7 Å². The summed E-state index contributed by atoms with van der Waals surface area (Å²) in [7, 11) is -10.9. The molecule has 16 nitrogen and oxygen atoms in total. The van der Waals surface area contributed by atoms with Crippen molar-refractivity contribution in [2.24, 2.45) is 11.8 Å². The van der Waals surface area contributed by atoms with Crippen LogP contribution in [-0.2, 0) is 90.4 Å². The van der Waals surface area contributed by atoms with Gasteiger partial charge in [-0.25, -0.2) is 35.2 Å². The molecule has 87 heavy (non-hydrogen) atoms. The second kappa shape index (κ2) is 38.8. The first kappa shape index (κ1) is 80.1. The molecule has 10 unspecified atom stereocenters. The minimum atomic E-state index is -5.42. The molecule has 6 aliphatic heterocycles. The maximum Gasteiger partial charge on any atom is 1.00 e. The third-order valence-corrected chi connectivity index (χ3v) is 17.2. The van der Waals surface area contributed by atoms with Crippen LogP contribution in [0.5, 0.6) is 0 Å². The van der Waals surface area contributed by atoms with Crippen molar-refractivity contribution >= 4 is 104 Å². The largest absolute Gasteiger partial charge is 1.00 e. The first-order valence-electron chi connectivity index (χ1n) is 24.7. The number of carbonyl (C=O) groups is 4. The number of aryl methyl sites for hydroxylation is 2. The molecule has 6 aromatic carbocycles. The normalized spacial score (nSPS) is 22.3. The molecule has 0 amide bonds. The minimum absolute atomic E-state index is 0. The number of fused-ring (bicyclic) bond motifs is 2. The number of hydrogen-bond donors (Lipinski definition) is 0. The van der Waals surface area contributed by atoms with Crippen LogP contribution in [0.3, 0.4) is 0 Å². The van der Waals surface area contributed by atoms with E-state index in [4.69, 9.17) is 54.4 Å². The van der Waals surface area contributed by atoms with Crippen LogP contribution in [0.15, 0.2) is 199 Å². The van der Waals surface area contributed by atoms with E-state index in [2.05, 4.69) is 221 Å². The summed E-state index contributed by atoms with van der Waals surface area (Å²) in [6.45, 7) is 1.93.